The van der Waals surface area contributed by atoms with Crippen LogP contribution in [-0.4, -0.2) is 24.1 Å². The number of nitrogens with zero attached hydrogens (tertiary/aromatic N) is 3. The Morgan fingerprint density at radius 2 is 2.35 bits per heavy atom. The van der Waals surface area contributed by atoms with E-state index in [4.69, 9.17) is 11.3 Å². The number of ether oxygens (including phenoxy) is 1. The summed E-state index contributed by atoms with van der Waals surface area (Å²) in [7, 11) is 1.28. The summed E-state index contributed by atoms with van der Waals surface area (Å²) in [6.45, 7) is 9.16. The van der Waals surface area contributed by atoms with Crippen molar-refractivity contribution in [1.29, 1.82) is 5.26 Å². The fourth-order valence-electron chi connectivity index (χ4n) is 2.61. The molecule has 0 spiro atoms. The molecule has 1 aromatic heterocycles. The Hall–Kier alpha value is -2.40. The van der Waals surface area contributed by atoms with Crippen molar-refractivity contribution in [3.63, 3.8) is 0 Å². The number of aromatic nitrogens is 1. The van der Waals surface area contributed by atoms with E-state index < -0.39 is 17.4 Å². The molecule has 5 heteroatoms. The largest absolute Gasteiger partial charge is 0.468 e. The van der Waals surface area contributed by atoms with Gasteiger partial charge in [-0.05, 0) is 37.3 Å². The highest BCUT2D eigenvalue weighted by atomic mass is 16.5. The third-order valence-corrected chi connectivity index (χ3v) is 3.76. The van der Waals surface area contributed by atoms with Gasteiger partial charge in [0.25, 0.3) is 0 Å². The monoisotopic (exact) mass is 269 g/mol. The van der Waals surface area contributed by atoms with Gasteiger partial charge < -0.3 is 4.74 Å². The molecule has 2 atom stereocenters. The van der Waals surface area contributed by atoms with Gasteiger partial charge in [-0.1, -0.05) is 6.07 Å². The molecule has 0 saturated heterocycles. The van der Waals surface area contributed by atoms with Crippen LogP contribution >= 0.6 is 0 Å². The highest BCUT2D eigenvalue weighted by Gasteiger charge is 2.63. The molecule has 2 unspecified atom stereocenters. The molecular weight excluding hydrogens is 254 g/mol. The number of aryl methyl sites for hydroxylation is 1. The minimum atomic E-state index is -1.26. The number of carbonyl (C=O) groups is 1. The van der Waals surface area contributed by atoms with Gasteiger partial charge in [0.05, 0.1) is 12.8 Å². The lowest BCUT2D eigenvalue weighted by Gasteiger charge is -2.28. The molecule has 1 aromatic rings. The van der Waals surface area contributed by atoms with Crippen LogP contribution in [0, 0.1) is 30.7 Å². The van der Waals surface area contributed by atoms with E-state index in [1.54, 1.807) is 12.3 Å². The zero-order valence-electron chi connectivity index (χ0n) is 11.5. The van der Waals surface area contributed by atoms with Crippen LogP contribution in [0.25, 0.3) is 4.85 Å². The Morgan fingerprint density at radius 3 is 2.75 bits per heavy atom. The fraction of sp³-hybridized carbons (Fsp3) is 0.467. The van der Waals surface area contributed by atoms with E-state index in [0.717, 1.165) is 18.4 Å². The molecule has 0 aromatic carbocycles. The quantitative estimate of drug-likeness (QED) is 0.619. The maximum Gasteiger partial charge on any atom is 0.329 e. The van der Waals surface area contributed by atoms with E-state index in [2.05, 4.69) is 9.83 Å². The van der Waals surface area contributed by atoms with Gasteiger partial charge in [0.15, 0.2) is 6.07 Å². The summed E-state index contributed by atoms with van der Waals surface area (Å²) in [6, 6.07) is 4.39. The molecule has 1 aliphatic carbocycles. The first kappa shape index (κ1) is 14.0. The van der Waals surface area contributed by atoms with E-state index in [9.17, 15) is 10.1 Å². The second-order valence-corrected chi connectivity index (χ2v) is 5.02. The molecule has 0 aliphatic heterocycles. The van der Waals surface area contributed by atoms with Crippen molar-refractivity contribution in [1.82, 2.24) is 4.98 Å². The SMILES string of the molecule is [C-]#[N+]C(C#N)C(C(=O)OC)(c1ccc(C)cn1)C1CC1. The molecule has 102 valence electrons. The maximum atomic E-state index is 12.4. The molecule has 0 amide bonds. The van der Waals surface area contributed by atoms with Crippen molar-refractivity contribution in [2.45, 2.75) is 31.2 Å². The molecule has 0 radical (unpaired) electrons. The summed E-state index contributed by atoms with van der Waals surface area (Å²) in [5.74, 6) is -0.595. The summed E-state index contributed by atoms with van der Waals surface area (Å²) in [5.41, 5.74) is 0.151. The molecule has 2 rings (SSSR count). The molecule has 0 N–H and O–H groups in total. The first-order chi connectivity index (χ1) is 9.60. The van der Waals surface area contributed by atoms with Crippen LogP contribution < -0.4 is 0 Å². The zero-order valence-corrected chi connectivity index (χ0v) is 11.5. The number of esters is 1. The molecule has 1 fully saturated rings. The number of hydrogen-bond donors (Lipinski definition) is 0. The Bertz CT molecular complexity index is 579. The smallest absolute Gasteiger partial charge is 0.329 e. The summed E-state index contributed by atoms with van der Waals surface area (Å²) in [4.78, 5) is 20.1. The molecule has 1 saturated carbocycles. The number of methoxy groups -OCH3 is 1. The highest BCUT2D eigenvalue weighted by molar-refractivity contribution is 5.86. The average Bonchev–Trinajstić information content (AvgIpc) is 3.30. The van der Waals surface area contributed by atoms with E-state index >= 15 is 0 Å². The van der Waals surface area contributed by atoms with Crippen LogP contribution in [0.3, 0.4) is 0 Å². The molecular formula is C15H15N3O2. The van der Waals surface area contributed by atoms with Gasteiger partial charge in [-0.3, -0.25) is 14.6 Å². The van der Waals surface area contributed by atoms with Crippen LogP contribution in [0.5, 0.6) is 0 Å². The van der Waals surface area contributed by atoms with Crippen LogP contribution in [0.4, 0.5) is 0 Å². The van der Waals surface area contributed by atoms with E-state index in [1.165, 1.54) is 7.11 Å². The first-order valence-electron chi connectivity index (χ1n) is 6.39. The summed E-state index contributed by atoms with van der Waals surface area (Å²) >= 11 is 0. The Kier molecular flexibility index (Phi) is 3.72. The highest BCUT2D eigenvalue weighted by Crippen LogP contribution is 2.50. The zero-order chi connectivity index (χ0) is 14.8. The molecule has 1 aliphatic rings. The number of carbonyl (C=O) groups excluding carboxylic acids is 1. The average molecular weight is 269 g/mol. The van der Waals surface area contributed by atoms with Gasteiger partial charge in [0, 0.05) is 6.20 Å². The van der Waals surface area contributed by atoms with E-state index in [1.807, 2.05) is 19.1 Å². The number of nitriles is 1. The standard InChI is InChI=1S/C15H15N3O2/c1-10-4-7-12(18-9-10)15(11-5-6-11,14(19)20-3)13(8-16)17-2/h4,7,9,11,13H,5-6H2,1,3H3. The number of hydrogen-bond acceptors (Lipinski definition) is 4. The third kappa shape index (κ3) is 2.02. The van der Waals surface area contributed by atoms with Crippen molar-refractivity contribution in [3.8, 4) is 6.07 Å². The Labute approximate surface area is 118 Å². The van der Waals surface area contributed by atoms with Crippen LogP contribution in [-0.2, 0) is 14.9 Å². The van der Waals surface area contributed by atoms with Gasteiger partial charge >= 0.3 is 12.0 Å². The van der Waals surface area contributed by atoms with Gasteiger partial charge in [-0.15, -0.1) is 0 Å². The lowest BCUT2D eigenvalue weighted by atomic mass is 9.73. The molecule has 1 heterocycles. The predicted molar refractivity (Wildman–Crippen MR) is 71.4 cm³/mol. The third-order valence-electron chi connectivity index (χ3n) is 3.76. The number of pyridine rings is 1. The summed E-state index contributed by atoms with van der Waals surface area (Å²) < 4.78 is 4.91. The van der Waals surface area contributed by atoms with E-state index in [0.29, 0.717) is 5.69 Å². The second-order valence-electron chi connectivity index (χ2n) is 5.02. The molecule has 5 nitrogen and oxygen atoms in total. The normalized spacial score (nSPS) is 18.2. The van der Waals surface area contributed by atoms with Gasteiger partial charge in [-0.25, -0.2) is 6.57 Å². The van der Waals surface area contributed by atoms with Crippen LogP contribution in [0.15, 0.2) is 18.3 Å². The van der Waals surface area contributed by atoms with Crippen molar-refractivity contribution >= 4 is 5.97 Å². The van der Waals surface area contributed by atoms with Crippen molar-refractivity contribution < 1.29 is 9.53 Å². The predicted octanol–water partition coefficient (Wildman–Crippen LogP) is 2.02. The molecule has 0 bridgehead atoms. The summed E-state index contributed by atoms with van der Waals surface area (Å²) in [6.07, 6.45) is 3.25. The number of rotatable bonds is 4. The van der Waals surface area contributed by atoms with Gasteiger partial charge in [0.2, 0.25) is 5.41 Å². The maximum absolute atomic E-state index is 12.4. The lowest BCUT2D eigenvalue weighted by Crippen LogP contribution is -2.48. The van der Waals surface area contributed by atoms with Crippen molar-refractivity contribution in [2.75, 3.05) is 7.11 Å². The molecule has 20 heavy (non-hydrogen) atoms. The van der Waals surface area contributed by atoms with Crippen LogP contribution in [0.2, 0.25) is 0 Å². The fourth-order valence-corrected chi connectivity index (χ4v) is 2.61. The van der Waals surface area contributed by atoms with Crippen molar-refractivity contribution in [3.05, 3.63) is 41.0 Å². The first-order valence-corrected chi connectivity index (χ1v) is 6.39. The summed E-state index contributed by atoms with van der Waals surface area (Å²) in [5, 5.41) is 9.30. The second kappa shape index (κ2) is 5.30. The van der Waals surface area contributed by atoms with Gasteiger partial charge in [-0.2, -0.15) is 5.26 Å². The topological polar surface area (TPSA) is 67.3 Å². The van der Waals surface area contributed by atoms with Gasteiger partial charge in [0.1, 0.15) is 0 Å². The lowest BCUT2D eigenvalue weighted by molar-refractivity contribution is -0.148. The Balaban J connectivity index is 2.64. The van der Waals surface area contributed by atoms with Crippen molar-refractivity contribution in [2.24, 2.45) is 5.92 Å². The minimum Gasteiger partial charge on any atom is -0.468 e. The Morgan fingerprint density at radius 1 is 1.65 bits per heavy atom. The minimum absolute atomic E-state index is 0.0519. The van der Waals surface area contributed by atoms with E-state index in [-0.39, 0.29) is 5.92 Å². The van der Waals surface area contributed by atoms with Crippen LogP contribution in [0.1, 0.15) is 24.1 Å².